The molecule has 37 valence electrons. The van der Waals surface area contributed by atoms with Gasteiger partial charge < -0.3 is 0 Å². The molecule has 0 saturated heterocycles. The lowest BCUT2D eigenvalue weighted by molar-refractivity contribution is 1.06. The summed E-state index contributed by atoms with van der Waals surface area (Å²) >= 11 is 0. The Morgan fingerprint density at radius 3 is 1.83 bits per heavy atom. The summed E-state index contributed by atoms with van der Waals surface area (Å²) in [5.74, 6) is 0. The summed E-state index contributed by atoms with van der Waals surface area (Å²) in [5, 5.41) is 0. The molecule has 0 heterocycles. The normalized spacial score (nSPS) is 10.0. The van der Waals surface area contributed by atoms with E-state index in [2.05, 4.69) is 20.0 Å². The summed E-state index contributed by atoms with van der Waals surface area (Å²) in [6.45, 7) is 6.96. The molecule has 0 nitrogen and oxygen atoms in total. The van der Waals surface area contributed by atoms with E-state index < -0.39 is 0 Å². The number of rotatable bonds is 2. The van der Waals surface area contributed by atoms with Crippen molar-refractivity contribution in [1.82, 2.24) is 0 Å². The Labute approximate surface area is 42.2 Å². The third-order valence-corrected chi connectivity index (χ3v) is 2.25. The molecule has 0 unspecified atom stereocenters. The Bertz CT molecular complexity index is 25.1. The maximum Gasteiger partial charge on any atom is 0.0412 e. The summed E-state index contributed by atoms with van der Waals surface area (Å²) in [4.78, 5) is 0. The van der Waals surface area contributed by atoms with E-state index in [1.807, 2.05) is 0 Å². The van der Waals surface area contributed by atoms with Gasteiger partial charge >= 0.3 is 0 Å². The van der Waals surface area contributed by atoms with E-state index in [1.54, 1.807) is 0 Å². The first kappa shape index (κ1) is 6.22. The second kappa shape index (κ2) is 3.41. The predicted octanol–water partition coefficient (Wildman–Crippen LogP) is 2.15. The Kier molecular flexibility index (Phi) is 3.53. The molecule has 0 aliphatic rings. The molecule has 0 saturated carbocycles. The minimum atomic E-state index is 0.114. The van der Waals surface area contributed by atoms with E-state index >= 15 is 0 Å². The van der Waals surface area contributed by atoms with E-state index in [1.165, 1.54) is 12.5 Å². The minimum Gasteiger partial charge on any atom is -0.0713 e. The van der Waals surface area contributed by atoms with Crippen LogP contribution in [-0.4, -0.2) is 8.80 Å². The van der Waals surface area contributed by atoms with Gasteiger partial charge in [0.2, 0.25) is 0 Å². The molecule has 1 radical (unpaired) electrons. The maximum absolute atomic E-state index is 2.36. The van der Waals surface area contributed by atoms with Crippen molar-refractivity contribution >= 4 is 8.80 Å². The van der Waals surface area contributed by atoms with Crippen molar-refractivity contribution in [3.8, 4) is 0 Å². The molecule has 0 amide bonds. The fourth-order valence-electron chi connectivity index (χ4n) is 0.500. The maximum atomic E-state index is 2.36. The van der Waals surface area contributed by atoms with Gasteiger partial charge in [0.25, 0.3) is 0 Å². The van der Waals surface area contributed by atoms with Crippen LogP contribution >= 0.6 is 0 Å². The van der Waals surface area contributed by atoms with Crippen molar-refractivity contribution < 1.29 is 0 Å². The van der Waals surface area contributed by atoms with E-state index in [0.717, 1.165) is 0 Å². The third-order valence-electron chi connectivity index (χ3n) is 0.750. The first-order chi connectivity index (χ1) is 2.77. The van der Waals surface area contributed by atoms with Gasteiger partial charge in [0.05, 0.1) is 0 Å². The smallest absolute Gasteiger partial charge is 0.0412 e. The SMILES string of the molecule is CCC[Si](C)C. The molecular formula is C5H13Si. The van der Waals surface area contributed by atoms with Crippen molar-refractivity contribution in [2.75, 3.05) is 0 Å². The Morgan fingerprint density at radius 2 is 1.83 bits per heavy atom. The van der Waals surface area contributed by atoms with Gasteiger partial charge in [-0.25, -0.2) is 0 Å². The Hall–Kier alpha value is 0.217. The average molecular weight is 101 g/mol. The van der Waals surface area contributed by atoms with Gasteiger partial charge in [-0.3, -0.25) is 0 Å². The Balaban J connectivity index is 2.63. The summed E-state index contributed by atoms with van der Waals surface area (Å²) in [5.41, 5.74) is 0. The fourth-order valence-corrected chi connectivity index (χ4v) is 1.50. The van der Waals surface area contributed by atoms with Crippen LogP contribution in [-0.2, 0) is 0 Å². The first-order valence-electron chi connectivity index (χ1n) is 2.56. The second-order valence-corrected chi connectivity index (χ2v) is 4.87. The molecule has 0 aromatic heterocycles. The third kappa shape index (κ3) is 4.22. The molecule has 0 aliphatic heterocycles. The average Bonchev–Trinajstić information content (AvgIpc) is 1.35. The minimum absolute atomic E-state index is 0.114. The molecule has 0 N–H and O–H groups in total. The van der Waals surface area contributed by atoms with Crippen LogP contribution < -0.4 is 0 Å². The van der Waals surface area contributed by atoms with Crippen LogP contribution in [0.5, 0.6) is 0 Å². The van der Waals surface area contributed by atoms with Gasteiger partial charge in [0.15, 0.2) is 0 Å². The van der Waals surface area contributed by atoms with Gasteiger partial charge in [0.1, 0.15) is 0 Å². The van der Waals surface area contributed by atoms with Crippen LogP contribution in [0.15, 0.2) is 0 Å². The van der Waals surface area contributed by atoms with E-state index in [0.29, 0.717) is 0 Å². The molecule has 0 spiro atoms. The van der Waals surface area contributed by atoms with Crippen molar-refractivity contribution in [2.24, 2.45) is 0 Å². The fraction of sp³-hybridized carbons (Fsp3) is 1.00. The highest BCUT2D eigenvalue weighted by molar-refractivity contribution is 6.55. The Morgan fingerprint density at radius 1 is 1.33 bits per heavy atom. The van der Waals surface area contributed by atoms with Crippen LogP contribution in [0, 0.1) is 0 Å². The molecule has 0 rings (SSSR count). The van der Waals surface area contributed by atoms with Crippen molar-refractivity contribution in [3.63, 3.8) is 0 Å². The van der Waals surface area contributed by atoms with Gasteiger partial charge in [-0.1, -0.05) is 32.5 Å². The second-order valence-electron chi connectivity index (χ2n) is 1.96. The molecule has 1 heteroatoms. The van der Waals surface area contributed by atoms with Crippen LogP contribution in [0.1, 0.15) is 13.3 Å². The summed E-state index contributed by atoms with van der Waals surface area (Å²) in [6.07, 6.45) is 1.38. The van der Waals surface area contributed by atoms with Crippen LogP contribution in [0.3, 0.4) is 0 Å². The van der Waals surface area contributed by atoms with Crippen LogP contribution in [0.4, 0.5) is 0 Å². The van der Waals surface area contributed by atoms with E-state index in [4.69, 9.17) is 0 Å². The number of hydrogen-bond acceptors (Lipinski definition) is 0. The molecule has 0 aromatic rings. The standard InChI is InChI=1S/C5H13Si/c1-4-5-6(2)3/h4-5H2,1-3H3. The zero-order chi connectivity index (χ0) is 4.99. The highest BCUT2D eigenvalue weighted by Gasteiger charge is 1.88. The summed E-state index contributed by atoms with van der Waals surface area (Å²) < 4.78 is 0. The van der Waals surface area contributed by atoms with Gasteiger partial charge in [-0.05, 0) is 0 Å². The van der Waals surface area contributed by atoms with Gasteiger partial charge in [0, 0.05) is 8.80 Å². The lowest BCUT2D eigenvalue weighted by atomic mass is 10.6. The van der Waals surface area contributed by atoms with Crippen molar-refractivity contribution in [2.45, 2.75) is 32.5 Å². The van der Waals surface area contributed by atoms with Gasteiger partial charge in [-0.15, -0.1) is 0 Å². The molecule has 0 atom stereocenters. The predicted molar refractivity (Wildman–Crippen MR) is 32.6 cm³/mol. The lowest BCUT2D eigenvalue weighted by Gasteiger charge is -1.93. The lowest BCUT2D eigenvalue weighted by Crippen LogP contribution is -1.95. The molecule has 0 bridgehead atoms. The summed E-state index contributed by atoms with van der Waals surface area (Å²) in [7, 11) is 0.114. The molecule has 6 heavy (non-hydrogen) atoms. The zero-order valence-electron chi connectivity index (χ0n) is 4.91. The van der Waals surface area contributed by atoms with Crippen molar-refractivity contribution in [3.05, 3.63) is 0 Å². The topological polar surface area (TPSA) is 0 Å². The van der Waals surface area contributed by atoms with Gasteiger partial charge in [-0.2, -0.15) is 0 Å². The quantitative estimate of drug-likeness (QED) is 0.467. The zero-order valence-corrected chi connectivity index (χ0v) is 5.91. The van der Waals surface area contributed by atoms with Crippen LogP contribution in [0.2, 0.25) is 19.1 Å². The van der Waals surface area contributed by atoms with Crippen molar-refractivity contribution in [1.29, 1.82) is 0 Å². The largest absolute Gasteiger partial charge is 0.0713 e. The highest BCUT2D eigenvalue weighted by atomic mass is 28.3. The number of hydrogen-bond donors (Lipinski definition) is 0. The van der Waals surface area contributed by atoms with E-state index in [-0.39, 0.29) is 8.80 Å². The molecule has 0 fully saturated rings. The molecular weight excluding hydrogens is 88.1 g/mol. The molecule has 0 aliphatic carbocycles. The summed E-state index contributed by atoms with van der Waals surface area (Å²) in [6, 6.07) is 1.48. The van der Waals surface area contributed by atoms with Crippen LogP contribution in [0.25, 0.3) is 0 Å². The monoisotopic (exact) mass is 101 g/mol. The van der Waals surface area contributed by atoms with E-state index in [9.17, 15) is 0 Å². The highest BCUT2D eigenvalue weighted by Crippen LogP contribution is 1.92. The molecule has 0 aromatic carbocycles. The first-order valence-corrected chi connectivity index (χ1v) is 5.27.